The average molecular weight is 1380 g/mol. The van der Waals surface area contributed by atoms with Crippen molar-refractivity contribution >= 4 is 0 Å². The first-order chi connectivity index (χ1) is 41.3. The second-order valence-corrected chi connectivity index (χ2v) is 34.9. The van der Waals surface area contributed by atoms with Crippen LogP contribution < -0.4 is 0 Å². The van der Waals surface area contributed by atoms with Crippen LogP contribution in [-0.4, -0.2) is 272 Å². The van der Waals surface area contributed by atoms with Crippen LogP contribution in [0.2, 0.25) is 0 Å². The number of aliphatic hydroxyl groups excluding tert-OH is 2. The van der Waals surface area contributed by atoms with E-state index in [1.807, 2.05) is 0 Å². The molecular formula is C68H126O27. The molecule has 16 N–H and O–H groups in total. The first-order valence-electron chi connectivity index (χ1n) is 33.2. The van der Waals surface area contributed by atoms with Crippen molar-refractivity contribution in [2.75, 3.05) is 26.4 Å². The van der Waals surface area contributed by atoms with E-state index >= 15 is 0 Å². The zero-order valence-electron chi connectivity index (χ0n) is 63.0. The lowest BCUT2D eigenvalue weighted by Gasteiger charge is -2.74. The third-order valence-corrected chi connectivity index (χ3v) is 29.5. The van der Waals surface area contributed by atoms with Crippen LogP contribution in [0.25, 0.3) is 0 Å². The highest BCUT2D eigenvalue weighted by atomic mass is 16.8. The predicted molar refractivity (Wildman–Crippen MR) is 341 cm³/mol. The summed E-state index contributed by atoms with van der Waals surface area (Å²) in [5, 5.41) is 202. The van der Waals surface area contributed by atoms with Gasteiger partial charge < -0.3 is 134 Å². The van der Waals surface area contributed by atoms with Crippen LogP contribution >= 0.6 is 0 Å². The summed E-state index contributed by atoms with van der Waals surface area (Å²) in [7, 11) is 0. The molecular weight excluding hydrogens is 1250 g/mol. The van der Waals surface area contributed by atoms with E-state index in [2.05, 4.69) is 0 Å². The summed E-state index contributed by atoms with van der Waals surface area (Å²) in [6.07, 6.45) is -3.43. The van der Waals surface area contributed by atoms with Crippen molar-refractivity contribution in [2.45, 2.75) is 399 Å². The Hall–Kier alpha value is -1.08. The van der Waals surface area contributed by atoms with E-state index in [1.165, 1.54) is 145 Å². The smallest absolute Gasteiger partial charge is 0.198 e. The van der Waals surface area contributed by atoms with Crippen molar-refractivity contribution in [3.05, 3.63) is 0 Å². The van der Waals surface area contributed by atoms with Crippen molar-refractivity contribution in [1.82, 2.24) is 0 Å². The third kappa shape index (κ3) is 9.46. The van der Waals surface area contributed by atoms with Crippen molar-refractivity contribution < 1.29 is 134 Å². The second-order valence-electron chi connectivity index (χ2n) is 34.9. The minimum atomic E-state index is -2.97. The largest absolute Gasteiger partial charge is 0.393 e. The SMILES string of the molecule is CCC1(C)O[C@@H](OCC2(C)O[C@@](C)(O[C@]3(C)C(C)(CO)O[C@@](C)(O[C@]4(C)C(C)(CO[C@@H]5OC(C)(CC)[C@](C)(O)C(C)(O)C5(C)O)O[C@@](C)(O[C@]5(C)C(C)(CO)OC(C)(C)C(C)(O)C5(C)O)C(C)(O)C4(C)O)C(C)(O)C3(C)O)C(C)(O)C(C)(O)C2(C)C)C(C)(O)C(C)(O)[C@@]1(C)O. The number of hydrogen-bond acceptors (Lipinski definition) is 27. The van der Waals surface area contributed by atoms with Crippen LogP contribution in [-0.2, 0) is 52.1 Å². The highest BCUT2D eigenvalue weighted by molar-refractivity contribution is 5.31. The van der Waals surface area contributed by atoms with E-state index in [0.29, 0.717) is 0 Å². The molecule has 0 aromatic rings. The second kappa shape index (κ2) is 21.8. The Labute approximate surface area is 562 Å². The van der Waals surface area contributed by atoms with Gasteiger partial charge in [0.25, 0.3) is 0 Å². The van der Waals surface area contributed by atoms with E-state index in [-0.39, 0.29) is 12.8 Å². The van der Waals surface area contributed by atoms with E-state index in [4.69, 9.17) is 52.1 Å². The summed E-state index contributed by atoms with van der Waals surface area (Å²) in [4.78, 5) is 0. The molecule has 18 unspecified atom stereocenters. The molecule has 28 atom stereocenters. The molecule has 0 aromatic heterocycles. The van der Waals surface area contributed by atoms with Gasteiger partial charge in [-0.25, -0.2) is 0 Å². The van der Waals surface area contributed by atoms with Crippen molar-refractivity contribution in [2.24, 2.45) is 5.41 Å². The molecule has 27 nitrogen and oxygen atoms in total. The minimum Gasteiger partial charge on any atom is -0.393 e. The Morgan fingerprint density at radius 3 is 0.832 bits per heavy atom. The summed E-state index contributed by atoms with van der Waals surface area (Å²) in [5.74, 6) is -8.21. The highest BCUT2D eigenvalue weighted by Crippen LogP contribution is 2.67. The van der Waals surface area contributed by atoms with Crippen molar-refractivity contribution in [3.63, 3.8) is 0 Å². The van der Waals surface area contributed by atoms with Gasteiger partial charge in [0, 0.05) is 5.41 Å². The highest BCUT2D eigenvalue weighted by Gasteiger charge is 2.86. The van der Waals surface area contributed by atoms with Crippen LogP contribution in [0.3, 0.4) is 0 Å². The molecule has 0 aromatic carbocycles. The van der Waals surface area contributed by atoms with Gasteiger partial charge in [-0.05, 0) is 207 Å². The zero-order valence-corrected chi connectivity index (χ0v) is 63.0. The maximum absolute atomic E-state index is 13.9. The lowest BCUT2D eigenvalue weighted by atomic mass is 9.54. The molecule has 0 bridgehead atoms. The third-order valence-electron chi connectivity index (χ3n) is 29.5. The van der Waals surface area contributed by atoms with Gasteiger partial charge in [-0.1, -0.05) is 27.7 Å². The number of aliphatic hydroxyl groups is 16. The fraction of sp³-hybridized carbons (Fsp3) is 1.00. The van der Waals surface area contributed by atoms with Crippen molar-refractivity contribution in [3.8, 4) is 0 Å². The first kappa shape index (κ1) is 82.9. The van der Waals surface area contributed by atoms with Crippen LogP contribution in [0.5, 0.6) is 0 Å². The van der Waals surface area contributed by atoms with Crippen molar-refractivity contribution in [1.29, 1.82) is 0 Å². The van der Waals surface area contributed by atoms with Gasteiger partial charge >= 0.3 is 0 Å². The zero-order chi connectivity index (χ0) is 75.2. The molecule has 0 saturated carbocycles. The van der Waals surface area contributed by atoms with Gasteiger partial charge in [0.2, 0.25) is 0 Å². The molecule has 95 heavy (non-hydrogen) atoms. The van der Waals surface area contributed by atoms with E-state index in [0.717, 1.165) is 41.5 Å². The Morgan fingerprint density at radius 2 is 0.526 bits per heavy atom. The fourth-order valence-electron chi connectivity index (χ4n) is 16.7. The minimum absolute atomic E-state index is 0.0369. The maximum atomic E-state index is 13.9. The predicted octanol–water partition coefficient (Wildman–Crippen LogP) is 2.00. The quantitative estimate of drug-likeness (QED) is 0.105. The lowest BCUT2D eigenvalue weighted by Crippen LogP contribution is -2.92. The molecule has 6 heterocycles. The van der Waals surface area contributed by atoms with Gasteiger partial charge in [0.05, 0.1) is 43.2 Å². The van der Waals surface area contributed by atoms with Gasteiger partial charge in [-0.3, -0.25) is 0 Å². The Morgan fingerprint density at radius 1 is 0.274 bits per heavy atom. The molecule has 0 spiro atoms. The first-order valence-corrected chi connectivity index (χ1v) is 33.2. The topological polar surface area (TPSA) is 425 Å². The van der Waals surface area contributed by atoms with Gasteiger partial charge in [0.1, 0.15) is 118 Å². The average Bonchev–Trinajstić information content (AvgIpc) is 0.662. The molecule has 560 valence electrons. The number of ether oxygens (including phenoxy) is 11. The summed E-state index contributed by atoms with van der Waals surface area (Å²) >= 11 is 0. The van der Waals surface area contributed by atoms with Crippen LogP contribution in [0.15, 0.2) is 0 Å². The van der Waals surface area contributed by atoms with Gasteiger partial charge in [-0.15, -0.1) is 0 Å². The number of hydrogen-bond donors (Lipinski definition) is 16. The molecule has 6 aliphatic heterocycles. The summed E-state index contributed by atoms with van der Waals surface area (Å²) < 4.78 is 74.6. The van der Waals surface area contributed by atoms with Crippen LogP contribution in [0.4, 0.5) is 0 Å². The molecule has 6 rings (SSSR count). The van der Waals surface area contributed by atoms with Gasteiger partial charge in [0.15, 0.2) is 29.9 Å². The lowest BCUT2D eigenvalue weighted by molar-refractivity contribution is -0.547. The summed E-state index contributed by atoms with van der Waals surface area (Å²) in [6.45, 7) is 38.5. The van der Waals surface area contributed by atoms with E-state index in [9.17, 15) is 81.7 Å². The molecule has 0 amide bonds. The standard InChI is InChI=1S/C68H126O27/c1-33-43(7)53(17,75)55(19,77)49(13,71)39(87-43)85-37-47(11)41(3,4)51(15,73)60(24,82)66(30,91-47)94-64(28)46(10,36-70)90-67(31,61(25,83)58(64,22)80)95-65(29)48(12,38-86-40-50(14,72)56(20,78)54(18,76)44(8,34-2)88-40)92-68(32,62(26,84)59(65,23)81)93-63(27)45(9,35-69)89-42(5,6)52(16,74)57(63,21)79/h39-40,69-84H,33-38H2,1-32H3/t39-,40-,43?,44?,45?,46?,47?,48?,49?,50?,51?,52?,53+,54+,55?,56?,57?,58?,59?,60?,61?,62?,63-,64-,65-,66+,67+,68+/m1/s1. The molecule has 0 aliphatic carbocycles. The Bertz CT molecular complexity index is 2910. The molecule has 6 saturated heterocycles. The molecule has 6 aliphatic rings. The Balaban J connectivity index is 1.55. The van der Waals surface area contributed by atoms with E-state index in [1.54, 1.807) is 34.6 Å². The maximum Gasteiger partial charge on any atom is 0.198 e. The summed E-state index contributed by atoms with van der Waals surface area (Å²) in [6, 6.07) is 0. The van der Waals surface area contributed by atoms with Crippen LogP contribution in [0.1, 0.15) is 234 Å². The molecule has 27 heteroatoms. The van der Waals surface area contributed by atoms with E-state index < -0.39 is 196 Å². The Kier molecular flexibility index (Phi) is 19.0. The molecule has 0 radical (unpaired) electrons. The van der Waals surface area contributed by atoms with Crippen LogP contribution in [0, 0.1) is 5.41 Å². The number of rotatable bonds is 16. The summed E-state index contributed by atoms with van der Waals surface area (Å²) in [5.41, 5.74) is -58.0. The molecule has 6 fully saturated rings. The van der Waals surface area contributed by atoms with Gasteiger partial charge in [-0.2, -0.15) is 0 Å². The monoisotopic (exact) mass is 1370 g/mol. The normalized spacial score (nSPS) is 61.3. The fourth-order valence-corrected chi connectivity index (χ4v) is 16.7.